The molecule has 1 fully saturated rings. The van der Waals surface area contributed by atoms with Crippen LogP contribution in [0.5, 0.6) is 0 Å². The fourth-order valence-electron chi connectivity index (χ4n) is 2.88. The van der Waals surface area contributed by atoms with E-state index in [1.54, 1.807) is 6.07 Å². The summed E-state index contributed by atoms with van der Waals surface area (Å²) in [5.74, 6) is 0.506. The Morgan fingerprint density at radius 2 is 2.24 bits per heavy atom. The number of hydrogen-bond donors (Lipinski definition) is 2. The van der Waals surface area contributed by atoms with Crippen molar-refractivity contribution < 1.29 is 4.79 Å². The van der Waals surface area contributed by atoms with Gasteiger partial charge in [0.15, 0.2) is 0 Å². The molecule has 0 aromatic heterocycles. The summed E-state index contributed by atoms with van der Waals surface area (Å²) in [6.45, 7) is 2.95. The molecule has 3 N–H and O–H groups in total. The third-order valence-electron chi connectivity index (χ3n) is 4.04. The molecule has 0 radical (unpaired) electrons. The van der Waals surface area contributed by atoms with Crippen LogP contribution in [-0.2, 0) is 0 Å². The molecule has 21 heavy (non-hydrogen) atoms. The molecule has 0 saturated carbocycles. The first kappa shape index (κ1) is 15.6. The molecule has 1 saturated heterocycles. The summed E-state index contributed by atoms with van der Waals surface area (Å²) in [6.07, 6.45) is 2.40. The van der Waals surface area contributed by atoms with Crippen molar-refractivity contribution in [3.63, 3.8) is 0 Å². The van der Waals surface area contributed by atoms with E-state index in [4.69, 9.17) is 5.73 Å². The summed E-state index contributed by atoms with van der Waals surface area (Å²) in [6, 6.07) is 5.46. The lowest BCUT2D eigenvalue weighted by Gasteiger charge is -2.29. The molecular formula is C16H26N4O. The molecule has 1 aliphatic rings. The molecule has 1 aromatic carbocycles. The highest BCUT2D eigenvalue weighted by Gasteiger charge is 2.18. The summed E-state index contributed by atoms with van der Waals surface area (Å²) in [4.78, 5) is 16.5. The summed E-state index contributed by atoms with van der Waals surface area (Å²) < 4.78 is 0. The van der Waals surface area contributed by atoms with Gasteiger partial charge in [-0.15, -0.1) is 0 Å². The Morgan fingerprint density at radius 3 is 2.86 bits per heavy atom. The number of anilines is 2. The number of hydrogen-bond acceptors (Lipinski definition) is 4. The van der Waals surface area contributed by atoms with E-state index in [-0.39, 0.29) is 5.91 Å². The van der Waals surface area contributed by atoms with E-state index in [1.807, 2.05) is 31.1 Å². The fraction of sp³-hybridized carbons (Fsp3) is 0.562. The van der Waals surface area contributed by atoms with Crippen LogP contribution in [0.4, 0.5) is 11.4 Å². The van der Waals surface area contributed by atoms with Crippen molar-refractivity contribution in [2.45, 2.75) is 12.8 Å². The molecular weight excluding hydrogens is 264 g/mol. The number of likely N-dealkylation sites (tertiary alicyclic amines) is 1. The molecule has 116 valence electrons. The van der Waals surface area contributed by atoms with E-state index in [0.717, 1.165) is 25.3 Å². The Kier molecular flexibility index (Phi) is 5.07. The quantitative estimate of drug-likeness (QED) is 0.823. The van der Waals surface area contributed by atoms with Crippen molar-refractivity contribution in [1.82, 2.24) is 10.2 Å². The predicted molar refractivity (Wildman–Crippen MR) is 87.7 cm³/mol. The van der Waals surface area contributed by atoms with Gasteiger partial charge in [-0.1, -0.05) is 0 Å². The summed E-state index contributed by atoms with van der Waals surface area (Å²) in [7, 11) is 6.00. The standard InChI is InChI=1S/C16H26N4O/c1-19(2)15-7-6-13(9-14(15)17)16(21)18-10-12-5-4-8-20(3)11-12/h6-7,9,12H,4-5,8,10-11,17H2,1-3H3,(H,18,21). The Hall–Kier alpha value is -1.75. The maximum atomic E-state index is 12.2. The van der Waals surface area contributed by atoms with Crippen molar-refractivity contribution in [3.05, 3.63) is 23.8 Å². The number of rotatable bonds is 4. The Bertz CT molecular complexity index is 501. The SMILES string of the molecule is CN1CCCC(CNC(=O)c2ccc(N(C)C)c(N)c2)C1. The molecule has 1 heterocycles. The lowest BCUT2D eigenvalue weighted by Crippen LogP contribution is -2.39. The van der Waals surface area contributed by atoms with Gasteiger partial charge in [0.2, 0.25) is 0 Å². The zero-order valence-corrected chi connectivity index (χ0v) is 13.2. The molecule has 5 nitrogen and oxygen atoms in total. The van der Waals surface area contributed by atoms with E-state index >= 15 is 0 Å². The number of nitrogens with zero attached hydrogens (tertiary/aromatic N) is 2. The van der Waals surface area contributed by atoms with E-state index in [0.29, 0.717) is 17.2 Å². The van der Waals surface area contributed by atoms with E-state index in [2.05, 4.69) is 17.3 Å². The van der Waals surface area contributed by atoms with Gasteiger partial charge in [-0.2, -0.15) is 0 Å². The lowest BCUT2D eigenvalue weighted by molar-refractivity contribution is 0.0937. The second kappa shape index (κ2) is 6.80. The second-order valence-electron chi connectivity index (χ2n) is 6.15. The van der Waals surface area contributed by atoms with Gasteiger partial charge in [-0.3, -0.25) is 4.79 Å². The molecule has 0 bridgehead atoms. The number of amides is 1. The zero-order chi connectivity index (χ0) is 15.4. The topological polar surface area (TPSA) is 61.6 Å². The minimum absolute atomic E-state index is 0.0415. The van der Waals surface area contributed by atoms with Crippen LogP contribution in [0.25, 0.3) is 0 Å². The zero-order valence-electron chi connectivity index (χ0n) is 13.2. The Morgan fingerprint density at radius 1 is 1.48 bits per heavy atom. The minimum Gasteiger partial charge on any atom is -0.397 e. The van der Waals surface area contributed by atoms with E-state index < -0.39 is 0 Å². The minimum atomic E-state index is -0.0415. The van der Waals surface area contributed by atoms with Crippen LogP contribution in [-0.4, -0.2) is 51.6 Å². The van der Waals surface area contributed by atoms with Gasteiger partial charge >= 0.3 is 0 Å². The smallest absolute Gasteiger partial charge is 0.251 e. The number of nitrogens with one attached hydrogen (secondary N) is 1. The van der Waals surface area contributed by atoms with Crippen LogP contribution < -0.4 is 16.0 Å². The van der Waals surface area contributed by atoms with Gasteiger partial charge < -0.3 is 20.9 Å². The highest BCUT2D eigenvalue weighted by atomic mass is 16.1. The molecule has 1 unspecified atom stereocenters. The third kappa shape index (κ3) is 4.11. The molecule has 1 aliphatic heterocycles. The maximum absolute atomic E-state index is 12.2. The number of benzene rings is 1. The third-order valence-corrected chi connectivity index (χ3v) is 4.04. The molecule has 5 heteroatoms. The van der Waals surface area contributed by atoms with Gasteiger partial charge in [-0.25, -0.2) is 0 Å². The van der Waals surface area contributed by atoms with Gasteiger partial charge in [0.1, 0.15) is 0 Å². The highest BCUT2D eigenvalue weighted by Crippen LogP contribution is 2.22. The van der Waals surface area contributed by atoms with Crippen molar-refractivity contribution in [3.8, 4) is 0 Å². The maximum Gasteiger partial charge on any atom is 0.251 e. The van der Waals surface area contributed by atoms with Crippen LogP contribution in [0.15, 0.2) is 18.2 Å². The first-order valence-corrected chi connectivity index (χ1v) is 7.51. The first-order chi connectivity index (χ1) is 9.97. The molecule has 1 atom stereocenters. The normalized spacial score (nSPS) is 19.3. The number of carbonyl (C=O) groups excluding carboxylic acids is 1. The molecule has 1 amide bonds. The van der Waals surface area contributed by atoms with Crippen molar-refractivity contribution in [2.24, 2.45) is 5.92 Å². The fourth-order valence-corrected chi connectivity index (χ4v) is 2.88. The number of nitrogens with two attached hydrogens (primary N) is 1. The number of carbonyl (C=O) groups is 1. The summed E-state index contributed by atoms with van der Waals surface area (Å²) >= 11 is 0. The van der Waals surface area contributed by atoms with Crippen molar-refractivity contribution >= 4 is 17.3 Å². The largest absolute Gasteiger partial charge is 0.397 e. The predicted octanol–water partition coefficient (Wildman–Crippen LogP) is 1.41. The summed E-state index contributed by atoms with van der Waals surface area (Å²) in [5, 5.41) is 3.03. The Balaban J connectivity index is 1.92. The monoisotopic (exact) mass is 290 g/mol. The Labute approximate surface area is 127 Å². The lowest BCUT2D eigenvalue weighted by atomic mass is 9.98. The highest BCUT2D eigenvalue weighted by molar-refractivity contribution is 5.96. The van der Waals surface area contributed by atoms with Crippen molar-refractivity contribution in [1.29, 1.82) is 0 Å². The van der Waals surface area contributed by atoms with Gasteiger partial charge in [0.05, 0.1) is 11.4 Å². The van der Waals surface area contributed by atoms with Crippen LogP contribution >= 0.6 is 0 Å². The van der Waals surface area contributed by atoms with Crippen molar-refractivity contribution in [2.75, 3.05) is 51.4 Å². The van der Waals surface area contributed by atoms with E-state index in [9.17, 15) is 4.79 Å². The van der Waals surface area contributed by atoms with Crippen LogP contribution in [0.1, 0.15) is 23.2 Å². The number of piperidine rings is 1. The molecule has 2 rings (SSSR count). The molecule has 0 aliphatic carbocycles. The van der Waals surface area contributed by atoms with E-state index in [1.165, 1.54) is 12.8 Å². The van der Waals surface area contributed by atoms with Gasteiger partial charge in [-0.05, 0) is 50.6 Å². The van der Waals surface area contributed by atoms with Crippen LogP contribution in [0, 0.1) is 5.92 Å². The molecule has 1 aromatic rings. The second-order valence-corrected chi connectivity index (χ2v) is 6.15. The van der Waals surface area contributed by atoms with Crippen LogP contribution in [0.3, 0.4) is 0 Å². The van der Waals surface area contributed by atoms with Crippen LogP contribution in [0.2, 0.25) is 0 Å². The van der Waals surface area contributed by atoms with Gasteiger partial charge in [0.25, 0.3) is 5.91 Å². The average Bonchev–Trinajstić information content (AvgIpc) is 2.44. The number of nitrogen functional groups attached to an aromatic ring is 1. The summed E-state index contributed by atoms with van der Waals surface area (Å²) in [5.41, 5.74) is 8.18. The first-order valence-electron chi connectivity index (χ1n) is 7.51. The molecule has 0 spiro atoms. The van der Waals surface area contributed by atoms with Gasteiger partial charge in [0, 0.05) is 32.7 Å². The average molecular weight is 290 g/mol.